The quantitative estimate of drug-likeness (QED) is 0.672. The fourth-order valence-corrected chi connectivity index (χ4v) is 4.33. The molecule has 0 spiro atoms. The highest BCUT2D eigenvalue weighted by Crippen LogP contribution is 2.31. The number of pyridine rings is 2. The maximum Gasteiger partial charge on any atom is 0.416 e. The number of piperidine rings is 1. The standard InChI is InChI=1S/C23H28F3N5O2/c24-23(25,26)19-6-8-28-21(14-19)29-10-12-30(13-11-29)22(32)33-17-20-5-1-2-9-31(20)16-18-4-3-7-27-15-18/h3-4,6-8,14-15,20H,1-2,5,9-13,16-17H2. The minimum absolute atomic E-state index is 0.165. The summed E-state index contributed by atoms with van der Waals surface area (Å²) in [5.41, 5.74) is 0.410. The van der Waals surface area contributed by atoms with Gasteiger partial charge in [-0.05, 0) is 43.1 Å². The minimum atomic E-state index is -4.41. The smallest absolute Gasteiger partial charge is 0.416 e. The Morgan fingerprint density at radius 1 is 1.09 bits per heavy atom. The Kier molecular flexibility index (Phi) is 7.32. The Morgan fingerprint density at radius 3 is 2.64 bits per heavy atom. The van der Waals surface area contributed by atoms with Gasteiger partial charge in [-0.2, -0.15) is 13.2 Å². The lowest BCUT2D eigenvalue weighted by molar-refractivity contribution is -0.137. The molecule has 10 heteroatoms. The number of carbonyl (C=O) groups excluding carboxylic acids is 1. The van der Waals surface area contributed by atoms with Gasteiger partial charge in [0.2, 0.25) is 0 Å². The Morgan fingerprint density at radius 2 is 1.91 bits per heavy atom. The molecular formula is C23H28F3N5O2. The average molecular weight is 464 g/mol. The van der Waals surface area contributed by atoms with Crippen LogP contribution in [-0.2, 0) is 17.5 Å². The fraction of sp³-hybridized carbons (Fsp3) is 0.522. The first kappa shape index (κ1) is 23.3. The molecule has 7 nitrogen and oxygen atoms in total. The zero-order chi connectivity index (χ0) is 23.3. The van der Waals surface area contributed by atoms with Gasteiger partial charge in [-0.1, -0.05) is 12.5 Å². The Bertz CT molecular complexity index is 920. The van der Waals surface area contributed by atoms with Crippen molar-refractivity contribution in [1.29, 1.82) is 0 Å². The van der Waals surface area contributed by atoms with E-state index in [1.54, 1.807) is 16.0 Å². The molecule has 2 aliphatic heterocycles. The zero-order valence-electron chi connectivity index (χ0n) is 18.4. The molecule has 2 aromatic rings. The molecule has 2 aliphatic rings. The number of rotatable bonds is 5. The number of halogens is 3. The third kappa shape index (κ3) is 6.13. The van der Waals surface area contributed by atoms with Crippen LogP contribution in [0.4, 0.5) is 23.8 Å². The molecule has 1 unspecified atom stereocenters. The molecule has 2 fully saturated rings. The summed E-state index contributed by atoms with van der Waals surface area (Å²) in [6, 6.07) is 6.14. The van der Waals surface area contributed by atoms with Crippen LogP contribution in [0.3, 0.4) is 0 Å². The molecule has 33 heavy (non-hydrogen) atoms. The molecule has 0 saturated carbocycles. The summed E-state index contributed by atoms with van der Waals surface area (Å²) in [5.74, 6) is 0.270. The van der Waals surface area contributed by atoms with Crippen LogP contribution in [0.25, 0.3) is 0 Å². The third-order valence-electron chi connectivity index (χ3n) is 6.19. The number of piperazine rings is 1. The van der Waals surface area contributed by atoms with Crippen LogP contribution in [0.2, 0.25) is 0 Å². The Balaban J connectivity index is 1.27. The van der Waals surface area contributed by atoms with Crippen LogP contribution < -0.4 is 4.90 Å². The Hall–Kier alpha value is -2.88. The summed E-state index contributed by atoms with van der Waals surface area (Å²) >= 11 is 0. The number of carbonyl (C=O) groups is 1. The van der Waals surface area contributed by atoms with Crippen molar-refractivity contribution in [2.75, 3.05) is 44.2 Å². The number of aromatic nitrogens is 2. The van der Waals surface area contributed by atoms with Crippen molar-refractivity contribution in [2.45, 2.75) is 38.0 Å². The lowest BCUT2D eigenvalue weighted by atomic mass is 10.0. The van der Waals surface area contributed by atoms with Crippen LogP contribution in [0.1, 0.15) is 30.4 Å². The molecule has 1 amide bonds. The van der Waals surface area contributed by atoms with Gasteiger partial charge in [-0.3, -0.25) is 9.88 Å². The number of hydrogen-bond acceptors (Lipinski definition) is 6. The summed E-state index contributed by atoms with van der Waals surface area (Å²) in [6.07, 6.45) is 3.19. The maximum atomic E-state index is 13.0. The first-order valence-electron chi connectivity index (χ1n) is 11.2. The van der Waals surface area contributed by atoms with E-state index in [0.717, 1.165) is 50.0 Å². The first-order valence-corrected chi connectivity index (χ1v) is 11.2. The molecule has 0 aromatic carbocycles. The van der Waals surface area contributed by atoms with Crippen molar-refractivity contribution in [2.24, 2.45) is 0 Å². The van der Waals surface area contributed by atoms with E-state index in [2.05, 4.69) is 14.9 Å². The van der Waals surface area contributed by atoms with E-state index in [9.17, 15) is 18.0 Å². The van der Waals surface area contributed by atoms with Gasteiger partial charge in [-0.15, -0.1) is 0 Å². The summed E-state index contributed by atoms with van der Waals surface area (Å²) in [4.78, 5) is 26.6. The van der Waals surface area contributed by atoms with Crippen molar-refractivity contribution in [3.63, 3.8) is 0 Å². The topological polar surface area (TPSA) is 61.8 Å². The van der Waals surface area contributed by atoms with Gasteiger partial charge >= 0.3 is 12.3 Å². The van der Waals surface area contributed by atoms with E-state index in [1.807, 2.05) is 18.3 Å². The molecule has 0 N–H and O–H groups in total. The first-order chi connectivity index (χ1) is 15.9. The average Bonchev–Trinajstić information content (AvgIpc) is 2.84. The van der Waals surface area contributed by atoms with E-state index in [1.165, 1.54) is 6.20 Å². The van der Waals surface area contributed by atoms with Gasteiger partial charge in [0, 0.05) is 57.4 Å². The second-order valence-electron chi connectivity index (χ2n) is 8.43. The highest BCUT2D eigenvalue weighted by Gasteiger charge is 2.32. The number of alkyl halides is 3. The van der Waals surface area contributed by atoms with E-state index in [-0.39, 0.29) is 18.0 Å². The van der Waals surface area contributed by atoms with Gasteiger partial charge in [0.15, 0.2) is 0 Å². The van der Waals surface area contributed by atoms with E-state index in [4.69, 9.17) is 4.74 Å². The lowest BCUT2D eigenvalue weighted by Gasteiger charge is -2.37. The molecule has 0 radical (unpaired) electrons. The van der Waals surface area contributed by atoms with E-state index >= 15 is 0 Å². The van der Waals surface area contributed by atoms with Gasteiger partial charge in [-0.25, -0.2) is 9.78 Å². The van der Waals surface area contributed by atoms with Crippen molar-refractivity contribution in [3.05, 3.63) is 54.0 Å². The predicted octanol–water partition coefficient (Wildman–Crippen LogP) is 3.81. The van der Waals surface area contributed by atoms with Crippen LogP contribution in [0.5, 0.6) is 0 Å². The van der Waals surface area contributed by atoms with Crippen molar-refractivity contribution < 1.29 is 22.7 Å². The minimum Gasteiger partial charge on any atom is -0.448 e. The molecule has 0 aliphatic carbocycles. The van der Waals surface area contributed by atoms with Crippen LogP contribution in [-0.4, -0.2) is 71.2 Å². The number of nitrogens with zero attached hydrogens (tertiary/aromatic N) is 5. The van der Waals surface area contributed by atoms with Crippen LogP contribution in [0, 0.1) is 0 Å². The third-order valence-corrected chi connectivity index (χ3v) is 6.19. The second-order valence-corrected chi connectivity index (χ2v) is 8.43. The molecule has 4 heterocycles. The zero-order valence-corrected chi connectivity index (χ0v) is 18.4. The molecule has 4 rings (SSSR count). The number of hydrogen-bond donors (Lipinski definition) is 0. The molecule has 2 aromatic heterocycles. The normalized spacial score (nSPS) is 20.0. The second kappa shape index (κ2) is 10.4. The van der Waals surface area contributed by atoms with E-state index in [0.29, 0.717) is 32.8 Å². The molecular weight excluding hydrogens is 435 g/mol. The molecule has 178 valence electrons. The summed E-state index contributed by atoms with van der Waals surface area (Å²) < 4.78 is 44.5. The summed E-state index contributed by atoms with van der Waals surface area (Å²) in [6.45, 7) is 3.62. The Labute approximate surface area is 191 Å². The van der Waals surface area contributed by atoms with Crippen molar-refractivity contribution in [1.82, 2.24) is 19.8 Å². The van der Waals surface area contributed by atoms with Gasteiger partial charge in [0.1, 0.15) is 12.4 Å². The van der Waals surface area contributed by atoms with Gasteiger partial charge in [0.25, 0.3) is 0 Å². The number of anilines is 1. The number of ether oxygens (including phenoxy) is 1. The van der Waals surface area contributed by atoms with Crippen LogP contribution in [0.15, 0.2) is 42.9 Å². The van der Waals surface area contributed by atoms with Crippen molar-refractivity contribution in [3.8, 4) is 0 Å². The largest absolute Gasteiger partial charge is 0.448 e. The number of likely N-dealkylation sites (tertiary alicyclic amines) is 1. The van der Waals surface area contributed by atoms with Crippen molar-refractivity contribution >= 4 is 11.9 Å². The lowest BCUT2D eigenvalue weighted by Crippen LogP contribution is -2.50. The molecule has 0 bridgehead atoms. The monoisotopic (exact) mass is 463 g/mol. The maximum absolute atomic E-state index is 13.0. The predicted molar refractivity (Wildman–Crippen MR) is 117 cm³/mol. The fourth-order valence-electron chi connectivity index (χ4n) is 4.33. The highest BCUT2D eigenvalue weighted by molar-refractivity contribution is 5.68. The highest BCUT2D eigenvalue weighted by atomic mass is 19.4. The molecule has 1 atom stereocenters. The van der Waals surface area contributed by atoms with Crippen LogP contribution >= 0.6 is 0 Å². The van der Waals surface area contributed by atoms with Gasteiger partial charge in [0.05, 0.1) is 5.56 Å². The number of amides is 1. The summed E-state index contributed by atoms with van der Waals surface area (Å²) in [5, 5.41) is 0. The van der Waals surface area contributed by atoms with E-state index < -0.39 is 11.7 Å². The summed E-state index contributed by atoms with van der Waals surface area (Å²) in [7, 11) is 0. The SMILES string of the molecule is O=C(OCC1CCCCN1Cc1cccnc1)N1CCN(c2cc(C(F)(F)F)ccn2)CC1. The molecule has 2 saturated heterocycles. The van der Waals surface area contributed by atoms with Gasteiger partial charge < -0.3 is 14.5 Å².